The Kier molecular flexibility index (Phi) is 3.28. The molecule has 2 heteroatoms. The molecule has 106 valence electrons. The van der Waals surface area contributed by atoms with Gasteiger partial charge in [-0.25, -0.2) is 0 Å². The maximum absolute atomic E-state index is 10.5. The van der Waals surface area contributed by atoms with Crippen LogP contribution >= 0.6 is 11.3 Å². The Bertz CT molecular complexity index is 753. The molecule has 3 aromatic rings. The van der Waals surface area contributed by atoms with Gasteiger partial charge in [0.25, 0.3) is 0 Å². The van der Waals surface area contributed by atoms with E-state index in [4.69, 9.17) is 0 Å². The van der Waals surface area contributed by atoms with Crippen LogP contribution in [0.15, 0.2) is 53.9 Å². The monoisotopic (exact) mass is 294 g/mol. The van der Waals surface area contributed by atoms with Gasteiger partial charge in [0.2, 0.25) is 0 Å². The summed E-state index contributed by atoms with van der Waals surface area (Å²) in [6.07, 6.45) is 2.91. The van der Waals surface area contributed by atoms with E-state index in [0.717, 1.165) is 11.5 Å². The minimum atomic E-state index is -0.420. The average Bonchev–Trinajstić information content (AvgIpc) is 3.30. The number of aliphatic hydroxyl groups is 1. The molecule has 1 unspecified atom stereocenters. The Morgan fingerprint density at radius 1 is 1.05 bits per heavy atom. The van der Waals surface area contributed by atoms with Crippen molar-refractivity contribution in [2.24, 2.45) is 0 Å². The summed E-state index contributed by atoms with van der Waals surface area (Å²) in [7, 11) is 0. The molecule has 1 aliphatic carbocycles. The van der Waals surface area contributed by atoms with E-state index < -0.39 is 6.10 Å². The van der Waals surface area contributed by atoms with Crippen molar-refractivity contribution in [3.63, 3.8) is 0 Å². The van der Waals surface area contributed by atoms with Gasteiger partial charge in [0.1, 0.15) is 0 Å². The van der Waals surface area contributed by atoms with Crippen molar-refractivity contribution in [2.45, 2.75) is 31.3 Å². The van der Waals surface area contributed by atoms with Gasteiger partial charge in [0.15, 0.2) is 0 Å². The highest BCUT2D eigenvalue weighted by Crippen LogP contribution is 2.40. The minimum absolute atomic E-state index is 0.420. The van der Waals surface area contributed by atoms with E-state index in [9.17, 15) is 5.11 Å². The van der Waals surface area contributed by atoms with E-state index in [2.05, 4.69) is 53.9 Å². The van der Waals surface area contributed by atoms with Gasteiger partial charge in [-0.05, 0) is 52.3 Å². The first kappa shape index (κ1) is 13.1. The summed E-state index contributed by atoms with van der Waals surface area (Å²) < 4.78 is 1.30. The average molecular weight is 294 g/mol. The third-order valence-electron chi connectivity index (χ3n) is 4.34. The highest BCUT2D eigenvalue weighted by atomic mass is 32.1. The van der Waals surface area contributed by atoms with Crippen molar-refractivity contribution in [2.75, 3.05) is 0 Å². The maximum Gasteiger partial charge on any atom is 0.0830 e. The number of fused-ring (bicyclic) bond motifs is 1. The molecule has 1 aromatic heterocycles. The van der Waals surface area contributed by atoms with Crippen LogP contribution in [0.5, 0.6) is 0 Å². The molecule has 4 rings (SSSR count). The van der Waals surface area contributed by atoms with Gasteiger partial charge in [-0.2, -0.15) is 0 Å². The number of hydrogen-bond donors (Lipinski definition) is 1. The molecular formula is C19H18OS. The Balaban J connectivity index is 1.55. The van der Waals surface area contributed by atoms with E-state index >= 15 is 0 Å². The smallest absolute Gasteiger partial charge is 0.0830 e. The van der Waals surface area contributed by atoms with E-state index in [0.29, 0.717) is 6.42 Å². The van der Waals surface area contributed by atoms with E-state index in [1.165, 1.54) is 34.1 Å². The van der Waals surface area contributed by atoms with Gasteiger partial charge in [-0.15, -0.1) is 11.3 Å². The highest BCUT2D eigenvalue weighted by molar-refractivity contribution is 7.17. The molecular weight excluding hydrogens is 276 g/mol. The standard InChI is InChI=1S/C19H18OS/c20-18(15-9-7-14(8-10-15)13-5-6-13)11-16-12-21-19-4-2-1-3-17(16)19/h1-4,7-10,12-13,18,20H,5-6,11H2. The van der Waals surface area contributed by atoms with E-state index in [-0.39, 0.29) is 0 Å². The minimum Gasteiger partial charge on any atom is -0.388 e. The molecule has 0 radical (unpaired) electrons. The van der Waals surface area contributed by atoms with Gasteiger partial charge in [0, 0.05) is 11.1 Å². The summed E-state index contributed by atoms with van der Waals surface area (Å²) in [5, 5.41) is 13.9. The molecule has 0 saturated heterocycles. The highest BCUT2D eigenvalue weighted by Gasteiger charge is 2.23. The molecule has 1 atom stereocenters. The zero-order chi connectivity index (χ0) is 14.2. The van der Waals surface area contributed by atoms with Gasteiger partial charge >= 0.3 is 0 Å². The fraction of sp³-hybridized carbons (Fsp3) is 0.263. The van der Waals surface area contributed by atoms with Crippen LogP contribution in [-0.4, -0.2) is 5.11 Å². The first-order valence-corrected chi connectivity index (χ1v) is 8.42. The second-order valence-corrected chi connectivity index (χ2v) is 6.83. The van der Waals surface area contributed by atoms with Crippen LogP contribution < -0.4 is 0 Å². The normalized spacial score (nSPS) is 16.2. The Hall–Kier alpha value is -1.64. The van der Waals surface area contributed by atoms with E-state index in [1.54, 1.807) is 11.3 Å². The van der Waals surface area contributed by atoms with Gasteiger partial charge in [0.05, 0.1) is 6.10 Å². The van der Waals surface area contributed by atoms with Crippen molar-refractivity contribution in [1.82, 2.24) is 0 Å². The number of benzene rings is 2. The number of thiophene rings is 1. The van der Waals surface area contributed by atoms with Crippen LogP contribution in [0.4, 0.5) is 0 Å². The lowest BCUT2D eigenvalue weighted by atomic mass is 9.99. The van der Waals surface area contributed by atoms with Crippen LogP contribution in [0, 0.1) is 0 Å². The summed E-state index contributed by atoms with van der Waals surface area (Å²) in [4.78, 5) is 0. The Morgan fingerprint density at radius 3 is 2.57 bits per heavy atom. The first-order valence-electron chi connectivity index (χ1n) is 7.54. The Morgan fingerprint density at radius 2 is 1.81 bits per heavy atom. The number of hydrogen-bond acceptors (Lipinski definition) is 2. The molecule has 1 nitrogen and oxygen atoms in total. The summed E-state index contributed by atoms with van der Waals surface area (Å²) >= 11 is 1.75. The summed E-state index contributed by atoms with van der Waals surface area (Å²) in [6.45, 7) is 0. The molecule has 1 heterocycles. The molecule has 1 aliphatic rings. The Labute approximate surface area is 128 Å². The maximum atomic E-state index is 10.5. The van der Waals surface area contributed by atoms with Crippen LogP contribution in [0.2, 0.25) is 0 Å². The fourth-order valence-corrected chi connectivity index (χ4v) is 3.90. The molecule has 2 aromatic carbocycles. The topological polar surface area (TPSA) is 20.2 Å². The fourth-order valence-electron chi connectivity index (χ4n) is 2.92. The lowest BCUT2D eigenvalue weighted by Gasteiger charge is -2.11. The molecule has 0 bridgehead atoms. The molecule has 0 spiro atoms. The largest absolute Gasteiger partial charge is 0.388 e. The summed E-state index contributed by atoms with van der Waals surface area (Å²) in [6, 6.07) is 17.0. The number of aliphatic hydroxyl groups excluding tert-OH is 1. The molecule has 1 N–H and O–H groups in total. The number of rotatable bonds is 4. The lowest BCUT2D eigenvalue weighted by Crippen LogP contribution is -2.01. The predicted molar refractivity (Wildman–Crippen MR) is 88.9 cm³/mol. The third-order valence-corrected chi connectivity index (χ3v) is 5.36. The molecule has 21 heavy (non-hydrogen) atoms. The lowest BCUT2D eigenvalue weighted by molar-refractivity contribution is 0.179. The molecule has 0 amide bonds. The summed E-state index contributed by atoms with van der Waals surface area (Å²) in [5.41, 5.74) is 3.69. The van der Waals surface area contributed by atoms with Crippen LogP contribution in [0.3, 0.4) is 0 Å². The second kappa shape index (κ2) is 5.28. The second-order valence-electron chi connectivity index (χ2n) is 5.92. The zero-order valence-corrected chi connectivity index (χ0v) is 12.6. The van der Waals surface area contributed by atoms with Crippen molar-refractivity contribution >= 4 is 21.4 Å². The molecule has 1 fully saturated rings. The summed E-state index contributed by atoms with van der Waals surface area (Å²) in [5.74, 6) is 0.775. The van der Waals surface area contributed by atoms with Gasteiger partial charge in [-0.3, -0.25) is 0 Å². The third kappa shape index (κ3) is 2.61. The van der Waals surface area contributed by atoms with Crippen LogP contribution in [-0.2, 0) is 6.42 Å². The molecule has 1 saturated carbocycles. The quantitative estimate of drug-likeness (QED) is 0.713. The van der Waals surface area contributed by atoms with Gasteiger partial charge < -0.3 is 5.11 Å². The van der Waals surface area contributed by atoms with Gasteiger partial charge in [-0.1, -0.05) is 42.5 Å². The SMILES string of the molecule is OC(Cc1csc2ccccc12)c1ccc(C2CC2)cc1. The van der Waals surface area contributed by atoms with Crippen LogP contribution in [0.1, 0.15) is 41.6 Å². The van der Waals surface area contributed by atoms with Crippen molar-refractivity contribution in [1.29, 1.82) is 0 Å². The van der Waals surface area contributed by atoms with Crippen molar-refractivity contribution in [3.8, 4) is 0 Å². The zero-order valence-electron chi connectivity index (χ0n) is 11.8. The van der Waals surface area contributed by atoms with Crippen molar-refractivity contribution < 1.29 is 5.11 Å². The molecule has 0 aliphatic heterocycles. The predicted octanol–water partition coefficient (Wildman–Crippen LogP) is 5.05. The van der Waals surface area contributed by atoms with E-state index in [1.807, 2.05) is 0 Å². The first-order chi connectivity index (χ1) is 10.3. The van der Waals surface area contributed by atoms with Crippen LogP contribution in [0.25, 0.3) is 10.1 Å². The van der Waals surface area contributed by atoms with Crippen molar-refractivity contribution in [3.05, 3.63) is 70.6 Å².